The van der Waals surface area contributed by atoms with Gasteiger partial charge >= 0.3 is 0 Å². The summed E-state index contributed by atoms with van der Waals surface area (Å²) in [5.41, 5.74) is 2.36. The zero-order valence-corrected chi connectivity index (χ0v) is 14.3. The number of benzene rings is 3. The SMILES string of the molecule is O=C(Cc1cccc2ccccc12)N1CCN(c2ccccc2)CC1. The molecule has 0 aliphatic carbocycles. The monoisotopic (exact) mass is 330 g/mol. The van der Waals surface area contributed by atoms with Crippen molar-refractivity contribution in [3.05, 3.63) is 78.4 Å². The Balaban J connectivity index is 1.42. The quantitative estimate of drug-likeness (QED) is 0.730. The van der Waals surface area contributed by atoms with Gasteiger partial charge in [-0.25, -0.2) is 0 Å². The van der Waals surface area contributed by atoms with Crippen molar-refractivity contribution in [3.8, 4) is 0 Å². The standard InChI is InChI=1S/C22H22N2O/c25-22(17-19-9-6-8-18-7-4-5-12-21(18)19)24-15-13-23(14-16-24)20-10-2-1-3-11-20/h1-12H,13-17H2. The Hall–Kier alpha value is -2.81. The lowest BCUT2D eigenvalue weighted by Crippen LogP contribution is -2.49. The number of hydrogen-bond donors (Lipinski definition) is 0. The van der Waals surface area contributed by atoms with Gasteiger partial charge in [0.1, 0.15) is 0 Å². The van der Waals surface area contributed by atoms with Crippen LogP contribution < -0.4 is 4.90 Å². The van der Waals surface area contributed by atoms with E-state index in [0.717, 1.165) is 31.7 Å². The molecular weight excluding hydrogens is 308 g/mol. The van der Waals surface area contributed by atoms with Gasteiger partial charge in [-0.3, -0.25) is 4.79 Å². The van der Waals surface area contributed by atoms with E-state index in [1.165, 1.54) is 16.5 Å². The van der Waals surface area contributed by atoms with Crippen molar-refractivity contribution in [1.82, 2.24) is 4.90 Å². The molecule has 0 N–H and O–H groups in total. The van der Waals surface area contributed by atoms with Gasteiger partial charge in [0.25, 0.3) is 0 Å². The third-order valence-corrected chi connectivity index (χ3v) is 4.98. The average molecular weight is 330 g/mol. The second-order valence-corrected chi connectivity index (χ2v) is 6.52. The molecule has 1 aliphatic heterocycles. The molecular formula is C22H22N2O. The molecule has 0 spiro atoms. The number of amides is 1. The molecule has 0 saturated carbocycles. The van der Waals surface area contributed by atoms with Gasteiger partial charge in [0, 0.05) is 31.9 Å². The van der Waals surface area contributed by atoms with E-state index in [4.69, 9.17) is 0 Å². The number of hydrogen-bond acceptors (Lipinski definition) is 2. The molecule has 0 aromatic heterocycles. The van der Waals surface area contributed by atoms with E-state index in [1.807, 2.05) is 29.2 Å². The van der Waals surface area contributed by atoms with Crippen LogP contribution in [0.25, 0.3) is 10.8 Å². The first kappa shape index (κ1) is 15.7. The third-order valence-electron chi connectivity index (χ3n) is 4.98. The third kappa shape index (κ3) is 3.36. The van der Waals surface area contributed by atoms with Crippen LogP contribution in [0.3, 0.4) is 0 Å². The van der Waals surface area contributed by atoms with Crippen LogP contribution in [0.1, 0.15) is 5.56 Å². The second kappa shape index (κ2) is 6.98. The molecule has 0 bridgehead atoms. The van der Waals surface area contributed by atoms with Crippen molar-refractivity contribution in [2.24, 2.45) is 0 Å². The number of carbonyl (C=O) groups is 1. The molecule has 3 aromatic carbocycles. The van der Waals surface area contributed by atoms with Crippen LogP contribution in [0, 0.1) is 0 Å². The smallest absolute Gasteiger partial charge is 0.227 e. The lowest BCUT2D eigenvalue weighted by Gasteiger charge is -2.36. The molecule has 25 heavy (non-hydrogen) atoms. The zero-order chi connectivity index (χ0) is 17.1. The van der Waals surface area contributed by atoms with Crippen molar-refractivity contribution in [2.45, 2.75) is 6.42 Å². The largest absolute Gasteiger partial charge is 0.368 e. The summed E-state index contributed by atoms with van der Waals surface area (Å²) in [6.07, 6.45) is 0.479. The molecule has 1 saturated heterocycles. The Bertz CT molecular complexity index is 862. The number of nitrogens with zero attached hydrogens (tertiary/aromatic N) is 2. The lowest BCUT2D eigenvalue weighted by molar-refractivity contribution is -0.130. The van der Waals surface area contributed by atoms with E-state index in [2.05, 4.69) is 53.4 Å². The first-order valence-electron chi connectivity index (χ1n) is 8.86. The molecule has 1 aliphatic rings. The molecule has 3 heteroatoms. The first-order valence-corrected chi connectivity index (χ1v) is 8.86. The Morgan fingerprint density at radius 1 is 0.760 bits per heavy atom. The zero-order valence-electron chi connectivity index (χ0n) is 14.3. The topological polar surface area (TPSA) is 23.6 Å². The highest BCUT2D eigenvalue weighted by Gasteiger charge is 2.21. The number of anilines is 1. The number of rotatable bonds is 3. The van der Waals surface area contributed by atoms with E-state index < -0.39 is 0 Å². The minimum absolute atomic E-state index is 0.226. The molecule has 0 radical (unpaired) electrons. The Kier molecular flexibility index (Phi) is 4.38. The van der Waals surface area contributed by atoms with Gasteiger partial charge in [-0.05, 0) is 28.5 Å². The van der Waals surface area contributed by atoms with Crippen molar-refractivity contribution in [3.63, 3.8) is 0 Å². The van der Waals surface area contributed by atoms with Crippen LogP contribution in [0.4, 0.5) is 5.69 Å². The number of fused-ring (bicyclic) bond motifs is 1. The van der Waals surface area contributed by atoms with Gasteiger partial charge in [-0.1, -0.05) is 60.7 Å². The summed E-state index contributed by atoms with van der Waals surface area (Å²) < 4.78 is 0. The summed E-state index contributed by atoms with van der Waals surface area (Å²) in [4.78, 5) is 17.1. The summed E-state index contributed by atoms with van der Waals surface area (Å²) >= 11 is 0. The van der Waals surface area contributed by atoms with E-state index >= 15 is 0 Å². The number of para-hydroxylation sites is 1. The fraction of sp³-hybridized carbons (Fsp3) is 0.227. The Morgan fingerprint density at radius 3 is 2.24 bits per heavy atom. The van der Waals surface area contributed by atoms with Crippen molar-refractivity contribution in [2.75, 3.05) is 31.1 Å². The molecule has 3 nitrogen and oxygen atoms in total. The van der Waals surface area contributed by atoms with E-state index in [1.54, 1.807) is 0 Å². The predicted molar refractivity (Wildman–Crippen MR) is 103 cm³/mol. The van der Waals surface area contributed by atoms with Crippen molar-refractivity contribution >= 4 is 22.4 Å². The fourth-order valence-corrected chi connectivity index (χ4v) is 3.57. The second-order valence-electron chi connectivity index (χ2n) is 6.52. The number of carbonyl (C=O) groups excluding carboxylic acids is 1. The summed E-state index contributed by atoms with van der Waals surface area (Å²) in [5.74, 6) is 0.226. The van der Waals surface area contributed by atoms with E-state index in [0.29, 0.717) is 6.42 Å². The molecule has 3 aromatic rings. The highest BCUT2D eigenvalue weighted by Crippen LogP contribution is 2.20. The normalized spacial score (nSPS) is 14.7. The van der Waals surface area contributed by atoms with Gasteiger partial charge in [-0.2, -0.15) is 0 Å². The van der Waals surface area contributed by atoms with E-state index in [-0.39, 0.29) is 5.91 Å². The first-order chi connectivity index (χ1) is 12.3. The molecule has 1 fully saturated rings. The summed E-state index contributed by atoms with van der Waals surface area (Å²) in [7, 11) is 0. The molecule has 126 valence electrons. The maximum absolute atomic E-state index is 12.8. The molecule has 0 atom stereocenters. The molecule has 4 rings (SSSR count). The average Bonchev–Trinajstić information content (AvgIpc) is 2.69. The number of piperazine rings is 1. The lowest BCUT2D eigenvalue weighted by atomic mass is 10.0. The highest BCUT2D eigenvalue weighted by molar-refractivity contribution is 5.90. The van der Waals surface area contributed by atoms with Crippen LogP contribution in [0.15, 0.2) is 72.8 Å². The molecule has 1 heterocycles. The highest BCUT2D eigenvalue weighted by atomic mass is 16.2. The summed E-state index contributed by atoms with van der Waals surface area (Å²) in [5, 5.41) is 2.38. The Morgan fingerprint density at radius 2 is 1.44 bits per heavy atom. The van der Waals surface area contributed by atoms with Crippen molar-refractivity contribution in [1.29, 1.82) is 0 Å². The van der Waals surface area contributed by atoms with Crippen molar-refractivity contribution < 1.29 is 4.79 Å². The Labute approximate surface area is 148 Å². The van der Waals surface area contributed by atoms with Gasteiger partial charge in [0.05, 0.1) is 6.42 Å². The minimum atomic E-state index is 0.226. The van der Waals surface area contributed by atoms with Gasteiger partial charge in [0.15, 0.2) is 0 Å². The van der Waals surface area contributed by atoms with Gasteiger partial charge in [-0.15, -0.1) is 0 Å². The van der Waals surface area contributed by atoms with E-state index in [9.17, 15) is 4.79 Å². The van der Waals surface area contributed by atoms with Crippen LogP contribution in [-0.2, 0) is 11.2 Å². The summed E-state index contributed by atoms with van der Waals surface area (Å²) in [6, 6.07) is 24.9. The minimum Gasteiger partial charge on any atom is -0.368 e. The van der Waals surface area contributed by atoms with Crippen LogP contribution in [0.2, 0.25) is 0 Å². The van der Waals surface area contributed by atoms with Gasteiger partial charge in [0.2, 0.25) is 5.91 Å². The maximum Gasteiger partial charge on any atom is 0.227 e. The molecule has 0 unspecified atom stereocenters. The fourth-order valence-electron chi connectivity index (χ4n) is 3.57. The van der Waals surface area contributed by atoms with Crippen LogP contribution in [-0.4, -0.2) is 37.0 Å². The molecule has 1 amide bonds. The van der Waals surface area contributed by atoms with Crippen LogP contribution in [0.5, 0.6) is 0 Å². The maximum atomic E-state index is 12.8. The predicted octanol–water partition coefficient (Wildman–Crippen LogP) is 3.73. The van der Waals surface area contributed by atoms with Gasteiger partial charge < -0.3 is 9.80 Å². The van der Waals surface area contributed by atoms with Crippen LogP contribution >= 0.6 is 0 Å². The summed E-state index contributed by atoms with van der Waals surface area (Å²) in [6.45, 7) is 3.37.